The second kappa shape index (κ2) is 7.98. The minimum absolute atomic E-state index is 0. The Balaban J connectivity index is 0.00000210. The van der Waals surface area contributed by atoms with E-state index in [2.05, 4.69) is 35.9 Å². The lowest BCUT2D eigenvalue weighted by molar-refractivity contribution is -0.0146. The maximum Gasteiger partial charge on any atom is 0.326 e. The zero-order chi connectivity index (χ0) is 18.3. The van der Waals surface area contributed by atoms with E-state index < -0.39 is 0 Å². The molecule has 6 heteroatoms. The Labute approximate surface area is 167 Å². The molecule has 1 N–H and O–H groups in total. The van der Waals surface area contributed by atoms with Crippen molar-refractivity contribution >= 4 is 23.4 Å². The van der Waals surface area contributed by atoms with E-state index in [-0.39, 0.29) is 18.1 Å². The summed E-state index contributed by atoms with van der Waals surface area (Å²) in [7, 11) is 1.83. The van der Waals surface area contributed by atoms with E-state index in [1.165, 1.54) is 18.4 Å². The van der Waals surface area contributed by atoms with Gasteiger partial charge in [-0.15, -0.1) is 12.4 Å². The second-order valence-electron chi connectivity index (χ2n) is 8.47. The van der Waals surface area contributed by atoms with E-state index in [4.69, 9.17) is 4.74 Å². The van der Waals surface area contributed by atoms with Gasteiger partial charge in [-0.1, -0.05) is 6.07 Å². The SMILES string of the molecule is COC1CCC(C)(N2CCC(n3c(=O)[nH]c4ccc(C)cc43)CC2)CC1.Cl. The van der Waals surface area contributed by atoms with Crippen LogP contribution in [0, 0.1) is 6.92 Å². The topological polar surface area (TPSA) is 50.3 Å². The van der Waals surface area contributed by atoms with Gasteiger partial charge in [-0.3, -0.25) is 9.47 Å². The number of nitrogens with zero attached hydrogens (tertiary/aromatic N) is 2. The molecule has 1 aliphatic carbocycles. The fourth-order valence-electron chi connectivity index (χ4n) is 5.02. The molecule has 0 atom stereocenters. The maximum absolute atomic E-state index is 12.5. The van der Waals surface area contributed by atoms with Gasteiger partial charge in [-0.25, -0.2) is 4.79 Å². The van der Waals surface area contributed by atoms with Gasteiger partial charge >= 0.3 is 5.69 Å². The number of piperidine rings is 1. The quantitative estimate of drug-likeness (QED) is 0.855. The van der Waals surface area contributed by atoms with Crippen LogP contribution in [0.2, 0.25) is 0 Å². The molecule has 0 unspecified atom stereocenters. The molecule has 0 spiro atoms. The van der Waals surface area contributed by atoms with Crippen LogP contribution in [0.3, 0.4) is 0 Å². The molecule has 1 saturated carbocycles. The molecule has 2 heterocycles. The third-order valence-corrected chi connectivity index (χ3v) is 6.81. The van der Waals surface area contributed by atoms with Crippen LogP contribution in [0.15, 0.2) is 23.0 Å². The average molecular weight is 394 g/mol. The third-order valence-electron chi connectivity index (χ3n) is 6.81. The van der Waals surface area contributed by atoms with E-state index in [1.807, 2.05) is 17.7 Å². The lowest BCUT2D eigenvalue weighted by Gasteiger charge is -2.48. The molecular weight excluding hydrogens is 362 g/mol. The molecule has 1 aliphatic heterocycles. The summed E-state index contributed by atoms with van der Waals surface area (Å²) < 4.78 is 7.55. The molecule has 2 aliphatic rings. The number of aromatic amines is 1. The predicted molar refractivity (Wildman–Crippen MR) is 112 cm³/mol. The molecule has 1 aromatic carbocycles. The van der Waals surface area contributed by atoms with Gasteiger partial charge in [0.15, 0.2) is 0 Å². The molecule has 0 amide bonds. The number of H-pyrrole nitrogens is 1. The summed E-state index contributed by atoms with van der Waals surface area (Å²) in [6.45, 7) is 6.65. The van der Waals surface area contributed by atoms with E-state index in [0.29, 0.717) is 17.7 Å². The van der Waals surface area contributed by atoms with Gasteiger partial charge in [-0.05, 0) is 70.1 Å². The first-order valence-corrected chi connectivity index (χ1v) is 9.99. The molecule has 2 aromatic rings. The van der Waals surface area contributed by atoms with Crippen LogP contribution in [0.25, 0.3) is 11.0 Å². The molecule has 0 radical (unpaired) electrons. The number of imidazole rings is 1. The Morgan fingerprint density at radius 2 is 1.81 bits per heavy atom. The van der Waals surface area contributed by atoms with E-state index in [0.717, 1.165) is 49.8 Å². The van der Waals surface area contributed by atoms with Crippen molar-refractivity contribution in [3.8, 4) is 0 Å². The number of hydrogen-bond donors (Lipinski definition) is 1. The summed E-state index contributed by atoms with van der Waals surface area (Å²) in [5.41, 5.74) is 3.54. The lowest BCUT2D eigenvalue weighted by atomic mass is 9.79. The van der Waals surface area contributed by atoms with E-state index in [9.17, 15) is 4.79 Å². The number of benzene rings is 1. The van der Waals surface area contributed by atoms with E-state index in [1.54, 1.807) is 0 Å². The summed E-state index contributed by atoms with van der Waals surface area (Å²) in [4.78, 5) is 18.2. The Morgan fingerprint density at radius 3 is 2.44 bits per heavy atom. The number of rotatable bonds is 3. The van der Waals surface area contributed by atoms with Gasteiger partial charge in [-0.2, -0.15) is 0 Å². The average Bonchev–Trinajstić information content (AvgIpc) is 2.97. The van der Waals surface area contributed by atoms with Gasteiger partial charge < -0.3 is 9.72 Å². The number of hydrogen-bond acceptors (Lipinski definition) is 3. The fourth-order valence-corrected chi connectivity index (χ4v) is 5.02. The first-order valence-electron chi connectivity index (χ1n) is 9.99. The number of fused-ring (bicyclic) bond motifs is 1. The van der Waals surface area contributed by atoms with Gasteiger partial charge in [0.1, 0.15) is 0 Å². The van der Waals surface area contributed by atoms with E-state index >= 15 is 0 Å². The fraction of sp³-hybridized carbons (Fsp3) is 0.667. The molecule has 5 nitrogen and oxygen atoms in total. The number of aromatic nitrogens is 2. The Kier molecular flexibility index (Phi) is 6.04. The van der Waals surface area contributed by atoms with Crippen molar-refractivity contribution in [1.82, 2.24) is 14.5 Å². The largest absolute Gasteiger partial charge is 0.381 e. The standard InChI is InChI=1S/C21H31N3O2.ClH/c1-15-4-5-18-19(14-15)24(20(25)22-18)16-8-12-23(13-9-16)21(2)10-6-17(26-3)7-11-21;/h4-5,14,16-17H,6-13H2,1-3H3,(H,22,25);1H. The van der Waals surface area contributed by atoms with Crippen molar-refractivity contribution < 1.29 is 4.74 Å². The van der Waals surface area contributed by atoms with Crippen molar-refractivity contribution in [2.75, 3.05) is 20.2 Å². The van der Waals surface area contributed by atoms with Crippen LogP contribution in [0.1, 0.15) is 57.1 Å². The lowest BCUT2D eigenvalue weighted by Crippen LogP contribution is -2.52. The van der Waals surface area contributed by atoms with Crippen molar-refractivity contribution in [3.05, 3.63) is 34.2 Å². The van der Waals surface area contributed by atoms with Crippen molar-refractivity contribution in [1.29, 1.82) is 0 Å². The van der Waals surface area contributed by atoms with Gasteiger partial charge in [0.25, 0.3) is 0 Å². The number of nitrogens with one attached hydrogen (secondary N) is 1. The zero-order valence-corrected chi connectivity index (χ0v) is 17.5. The Morgan fingerprint density at radius 1 is 1.15 bits per heavy atom. The molecule has 0 bridgehead atoms. The number of ether oxygens (including phenoxy) is 1. The normalized spacial score (nSPS) is 27.6. The monoisotopic (exact) mass is 393 g/mol. The van der Waals surface area contributed by atoms with Gasteiger partial charge in [0.05, 0.1) is 17.1 Å². The van der Waals surface area contributed by atoms with Crippen molar-refractivity contribution in [2.45, 2.75) is 70.1 Å². The summed E-state index contributed by atoms with van der Waals surface area (Å²) in [5.74, 6) is 0. The number of halogens is 1. The first kappa shape index (κ1) is 20.4. The summed E-state index contributed by atoms with van der Waals surface area (Å²) in [5, 5.41) is 0. The third kappa shape index (κ3) is 3.82. The highest BCUT2D eigenvalue weighted by Gasteiger charge is 2.38. The molecule has 1 saturated heterocycles. The second-order valence-corrected chi connectivity index (χ2v) is 8.47. The Bertz CT molecular complexity index is 828. The van der Waals surface area contributed by atoms with Crippen LogP contribution < -0.4 is 5.69 Å². The van der Waals surface area contributed by atoms with Crippen LogP contribution in [0.4, 0.5) is 0 Å². The molecule has 150 valence electrons. The molecule has 1 aromatic heterocycles. The van der Waals surface area contributed by atoms with Crippen molar-refractivity contribution in [3.63, 3.8) is 0 Å². The number of aryl methyl sites for hydroxylation is 1. The highest BCUT2D eigenvalue weighted by molar-refractivity contribution is 5.85. The zero-order valence-electron chi connectivity index (χ0n) is 16.7. The summed E-state index contributed by atoms with van der Waals surface area (Å²) >= 11 is 0. The minimum atomic E-state index is 0. The van der Waals surface area contributed by atoms with Crippen LogP contribution in [-0.2, 0) is 4.74 Å². The Hall–Kier alpha value is -1.30. The minimum Gasteiger partial charge on any atom is -0.381 e. The van der Waals surface area contributed by atoms with Gasteiger partial charge in [0.2, 0.25) is 0 Å². The van der Waals surface area contributed by atoms with Crippen LogP contribution in [0.5, 0.6) is 0 Å². The van der Waals surface area contributed by atoms with Crippen LogP contribution in [-0.4, -0.2) is 46.3 Å². The molecule has 27 heavy (non-hydrogen) atoms. The molecule has 4 rings (SSSR count). The number of likely N-dealkylation sites (tertiary alicyclic amines) is 1. The van der Waals surface area contributed by atoms with Crippen molar-refractivity contribution in [2.24, 2.45) is 0 Å². The number of methoxy groups -OCH3 is 1. The molecular formula is C21H32ClN3O2. The van der Waals surface area contributed by atoms with Crippen LogP contribution >= 0.6 is 12.4 Å². The smallest absolute Gasteiger partial charge is 0.326 e. The predicted octanol–water partition coefficient (Wildman–Crippen LogP) is 4.04. The highest BCUT2D eigenvalue weighted by atomic mass is 35.5. The maximum atomic E-state index is 12.5. The van der Waals surface area contributed by atoms with Gasteiger partial charge in [0, 0.05) is 31.8 Å². The molecule has 2 fully saturated rings. The first-order chi connectivity index (χ1) is 12.5. The highest BCUT2D eigenvalue weighted by Crippen LogP contribution is 2.37. The summed E-state index contributed by atoms with van der Waals surface area (Å²) in [6.07, 6.45) is 7.27. The summed E-state index contributed by atoms with van der Waals surface area (Å²) in [6, 6.07) is 6.51.